The van der Waals surface area contributed by atoms with Crippen LogP contribution in [0.4, 0.5) is 0 Å². The lowest BCUT2D eigenvalue weighted by Crippen LogP contribution is -2.52. The second kappa shape index (κ2) is 5.33. The highest BCUT2D eigenvalue weighted by molar-refractivity contribution is 5.82. The highest BCUT2D eigenvalue weighted by atomic mass is 16.2. The van der Waals surface area contributed by atoms with Crippen molar-refractivity contribution in [2.24, 2.45) is 0 Å². The Balaban J connectivity index is 1.70. The van der Waals surface area contributed by atoms with Gasteiger partial charge in [-0.25, -0.2) is 4.98 Å². The van der Waals surface area contributed by atoms with Gasteiger partial charge < -0.3 is 9.47 Å². The lowest BCUT2D eigenvalue weighted by Gasteiger charge is -2.38. The Hall–Kier alpha value is -1.36. The summed E-state index contributed by atoms with van der Waals surface area (Å²) in [4.78, 5) is 21.2. The number of rotatable bonds is 2. The molecule has 19 heavy (non-hydrogen) atoms. The molecule has 1 aromatic rings. The van der Waals surface area contributed by atoms with Crippen LogP contribution in [0.2, 0.25) is 0 Å². The van der Waals surface area contributed by atoms with E-state index in [9.17, 15) is 4.79 Å². The maximum absolute atomic E-state index is 12.7. The van der Waals surface area contributed by atoms with Gasteiger partial charge in [-0.1, -0.05) is 13.3 Å². The van der Waals surface area contributed by atoms with Crippen LogP contribution in [0.1, 0.15) is 31.9 Å². The van der Waals surface area contributed by atoms with E-state index in [0.717, 1.165) is 38.3 Å². The topological polar surface area (TPSA) is 41.4 Å². The third kappa shape index (κ3) is 2.39. The molecule has 2 aliphatic rings. The maximum Gasteiger partial charge on any atom is 0.240 e. The van der Waals surface area contributed by atoms with Gasteiger partial charge in [0.15, 0.2) is 0 Å². The number of imidazole rings is 1. The quantitative estimate of drug-likeness (QED) is 0.801. The van der Waals surface area contributed by atoms with Crippen molar-refractivity contribution in [3.8, 4) is 0 Å². The summed E-state index contributed by atoms with van der Waals surface area (Å²) in [7, 11) is 0. The highest BCUT2D eigenvalue weighted by Gasteiger charge is 2.32. The van der Waals surface area contributed by atoms with Crippen molar-refractivity contribution < 1.29 is 4.79 Å². The van der Waals surface area contributed by atoms with Crippen molar-refractivity contribution in [2.75, 3.05) is 19.6 Å². The normalized spacial score (nSPS) is 24.3. The number of aromatic nitrogens is 2. The summed E-state index contributed by atoms with van der Waals surface area (Å²) in [5.41, 5.74) is 1.15. The van der Waals surface area contributed by atoms with Crippen LogP contribution in [0.3, 0.4) is 0 Å². The Labute approximate surface area is 114 Å². The van der Waals surface area contributed by atoms with Crippen LogP contribution < -0.4 is 0 Å². The Morgan fingerprint density at radius 3 is 3.11 bits per heavy atom. The van der Waals surface area contributed by atoms with Crippen LogP contribution in [-0.2, 0) is 17.9 Å². The summed E-state index contributed by atoms with van der Waals surface area (Å²) in [6.45, 7) is 6.60. The van der Waals surface area contributed by atoms with Crippen molar-refractivity contribution in [1.29, 1.82) is 0 Å². The van der Waals surface area contributed by atoms with Gasteiger partial charge in [0.05, 0.1) is 24.6 Å². The van der Waals surface area contributed by atoms with Gasteiger partial charge in [-0.2, -0.15) is 0 Å². The van der Waals surface area contributed by atoms with Crippen LogP contribution >= 0.6 is 0 Å². The van der Waals surface area contributed by atoms with Crippen LogP contribution in [0.15, 0.2) is 12.5 Å². The van der Waals surface area contributed by atoms with E-state index in [1.54, 1.807) is 0 Å². The maximum atomic E-state index is 12.7. The third-order valence-corrected chi connectivity index (χ3v) is 4.38. The van der Waals surface area contributed by atoms with Crippen molar-refractivity contribution in [3.63, 3.8) is 0 Å². The van der Waals surface area contributed by atoms with Gasteiger partial charge in [0.2, 0.25) is 5.91 Å². The number of amides is 1. The molecule has 5 heteroatoms. The second-order valence-corrected chi connectivity index (χ2v) is 5.48. The number of carbonyl (C=O) groups excluding carboxylic acids is 1. The molecule has 5 nitrogen and oxygen atoms in total. The average molecular weight is 262 g/mol. The molecule has 1 unspecified atom stereocenters. The number of nitrogens with zero attached hydrogens (tertiary/aromatic N) is 4. The Morgan fingerprint density at radius 2 is 2.26 bits per heavy atom. The molecule has 0 aliphatic carbocycles. The fourth-order valence-electron chi connectivity index (χ4n) is 3.23. The van der Waals surface area contributed by atoms with Gasteiger partial charge in [0, 0.05) is 19.3 Å². The molecule has 1 fully saturated rings. The summed E-state index contributed by atoms with van der Waals surface area (Å²) in [5, 5.41) is 0. The zero-order valence-electron chi connectivity index (χ0n) is 11.6. The third-order valence-electron chi connectivity index (χ3n) is 4.38. The molecule has 1 aromatic heterocycles. The molecule has 0 aromatic carbocycles. The van der Waals surface area contributed by atoms with Crippen LogP contribution in [0, 0.1) is 0 Å². The summed E-state index contributed by atoms with van der Waals surface area (Å²) in [6, 6.07) is 0.105. The summed E-state index contributed by atoms with van der Waals surface area (Å²) in [6.07, 6.45) is 7.15. The molecule has 1 amide bonds. The minimum Gasteiger partial charge on any atom is -0.334 e. The SMILES string of the molecule is CCN1CCCCC1C(=O)N1CCn2cncc2C1. The number of fused-ring (bicyclic) bond motifs is 1. The van der Waals surface area contributed by atoms with E-state index in [4.69, 9.17) is 0 Å². The molecule has 0 spiro atoms. The van der Waals surface area contributed by atoms with Crippen molar-refractivity contribution in [2.45, 2.75) is 45.3 Å². The fraction of sp³-hybridized carbons (Fsp3) is 0.714. The lowest BCUT2D eigenvalue weighted by atomic mass is 10.0. The predicted molar refractivity (Wildman–Crippen MR) is 72.5 cm³/mol. The first-order valence-corrected chi connectivity index (χ1v) is 7.31. The summed E-state index contributed by atoms with van der Waals surface area (Å²) >= 11 is 0. The van der Waals surface area contributed by atoms with E-state index in [2.05, 4.69) is 21.4 Å². The average Bonchev–Trinajstić information content (AvgIpc) is 2.93. The number of hydrogen-bond acceptors (Lipinski definition) is 3. The first kappa shape index (κ1) is 12.7. The summed E-state index contributed by atoms with van der Waals surface area (Å²) in [5.74, 6) is 0.314. The van der Waals surface area contributed by atoms with Crippen LogP contribution in [0.25, 0.3) is 0 Å². The molecule has 3 rings (SSSR count). The highest BCUT2D eigenvalue weighted by Crippen LogP contribution is 2.21. The number of likely N-dealkylation sites (tertiary alicyclic amines) is 1. The second-order valence-electron chi connectivity index (χ2n) is 5.48. The molecular weight excluding hydrogens is 240 g/mol. The van der Waals surface area contributed by atoms with E-state index in [1.165, 1.54) is 12.8 Å². The Morgan fingerprint density at radius 1 is 1.37 bits per heavy atom. The van der Waals surface area contributed by atoms with Gasteiger partial charge in [0.25, 0.3) is 0 Å². The molecule has 3 heterocycles. The molecule has 0 radical (unpaired) electrons. The Kier molecular flexibility index (Phi) is 3.55. The Bertz CT molecular complexity index is 456. The molecule has 0 bridgehead atoms. The molecule has 0 N–H and O–H groups in total. The van der Waals surface area contributed by atoms with Crippen molar-refractivity contribution >= 4 is 5.91 Å². The van der Waals surface area contributed by atoms with E-state index in [-0.39, 0.29) is 6.04 Å². The molecule has 1 atom stereocenters. The minimum absolute atomic E-state index is 0.105. The molecule has 2 aliphatic heterocycles. The van der Waals surface area contributed by atoms with Gasteiger partial charge in [-0.3, -0.25) is 9.69 Å². The first-order chi connectivity index (χ1) is 9.29. The van der Waals surface area contributed by atoms with Gasteiger partial charge in [0.1, 0.15) is 0 Å². The lowest BCUT2D eigenvalue weighted by molar-refractivity contribution is -0.139. The number of piperidine rings is 1. The molecule has 104 valence electrons. The number of hydrogen-bond donors (Lipinski definition) is 0. The van der Waals surface area contributed by atoms with E-state index >= 15 is 0 Å². The largest absolute Gasteiger partial charge is 0.334 e. The van der Waals surface area contributed by atoms with Crippen LogP contribution in [-0.4, -0.2) is 50.9 Å². The molecule has 0 saturated carbocycles. The van der Waals surface area contributed by atoms with E-state index in [1.807, 2.05) is 17.4 Å². The fourth-order valence-corrected chi connectivity index (χ4v) is 3.23. The van der Waals surface area contributed by atoms with Crippen molar-refractivity contribution in [1.82, 2.24) is 19.4 Å². The standard InChI is InChI=1S/C14H22N4O/c1-2-16-6-4-3-5-13(16)14(19)17-7-8-18-11-15-9-12(18)10-17/h9,11,13H,2-8,10H2,1H3. The smallest absolute Gasteiger partial charge is 0.240 e. The number of carbonyl (C=O) groups is 1. The zero-order chi connectivity index (χ0) is 13.2. The van der Waals surface area contributed by atoms with Crippen molar-refractivity contribution in [3.05, 3.63) is 18.2 Å². The van der Waals surface area contributed by atoms with Gasteiger partial charge in [-0.15, -0.1) is 0 Å². The minimum atomic E-state index is 0.105. The molecule has 1 saturated heterocycles. The first-order valence-electron chi connectivity index (χ1n) is 7.31. The van der Waals surface area contributed by atoms with Gasteiger partial charge >= 0.3 is 0 Å². The molecular formula is C14H22N4O. The zero-order valence-corrected chi connectivity index (χ0v) is 11.6. The number of likely N-dealkylation sites (N-methyl/N-ethyl adjacent to an activating group) is 1. The van der Waals surface area contributed by atoms with Crippen LogP contribution in [0.5, 0.6) is 0 Å². The monoisotopic (exact) mass is 262 g/mol. The van der Waals surface area contributed by atoms with Gasteiger partial charge in [-0.05, 0) is 25.9 Å². The summed E-state index contributed by atoms with van der Waals surface area (Å²) < 4.78 is 2.14. The van der Waals surface area contributed by atoms with E-state index in [0.29, 0.717) is 12.5 Å². The van der Waals surface area contributed by atoms with E-state index < -0.39 is 0 Å². The predicted octanol–water partition coefficient (Wildman–Crippen LogP) is 1.10.